The van der Waals surface area contributed by atoms with Gasteiger partial charge in [-0.05, 0) is 55.7 Å². The maximum absolute atomic E-state index is 12.9. The third-order valence-corrected chi connectivity index (χ3v) is 6.77. The number of aliphatic carboxylic acids is 1. The Bertz CT molecular complexity index is 749. The highest BCUT2D eigenvalue weighted by Crippen LogP contribution is 2.56. The van der Waals surface area contributed by atoms with E-state index in [-0.39, 0.29) is 23.3 Å². The van der Waals surface area contributed by atoms with Crippen molar-refractivity contribution in [2.75, 3.05) is 0 Å². The Labute approximate surface area is 173 Å². The molecule has 2 aliphatic carbocycles. The van der Waals surface area contributed by atoms with Crippen LogP contribution in [0, 0.1) is 11.8 Å². The zero-order valence-corrected chi connectivity index (χ0v) is 16.7. The number of alkyl halides is 3. The number of fused-ring (bicyclic) bond motifs is 1. The molecule has 2 fully saturated rings. The van der Waals surface area contributed by atoms with Crippen LogP contribution < -0.4 is 9.47 Å². The summed E-state index contributed by atoms with van der Waals surface area (Å²) in [6.45, 7) is 0. The summed E-state index contributed by atoms with van der Waals surface area (Å²) in [6.07, 6.45) is 3.30. The van der Waals surface area contributed by atoms with Gasteiger partial charge in [0.05, 0.1) is 0 Å². The molecule has 0 amide bonds. The number of halogens is 3. The third-order valence-electron chi connectivity index (χ3n) is 6.77. The van der Waals surface area contributed by atoms with Crippen LogP contribution in [-0.2, 0) is 15.1 Å². The van der Waals surface area contributed by atoms with Crippen molar-refractivity contribution in [3.63, 3.8) is 0 Å². The first-order chi connectivity index (χ1) is 14.3. The molecule has 0 bridgehead atoms. The molecule has 0 aromatic heterocycles. The number of carbonyl (C=O) groups is 1. The Morgan fingerprint density at radius 1 is 1.00 bits per heavy atom. The summed E-state index contributed by atoms with van der Waals surface area (Å²) in [5.74, 6) is -1.23. The van der Waals surface area contributed by atoms with Crippen LogP contribution in [0.3, 0.4) is 0 Å². The van der Waals surface area contributed by atoms with Gasteiger partial charge in [0.25, 0.3) is 6.29 Å². The largest absolute Gasteiger partial charge is 0.573 e. The summed E-state index contributed by atoms with van der Waals surface area (Å²) in [6, 6.07) is 3.91. The van der Waals surface area contributed by atoms with Gasteiger partial charge in [-0.15, -0.1) is 13.2 Å². The van der Waals surface area contributed by atoms with E-state index in [4.69, 9.17) is 9.47 Å². The Balaban J connectivity index is 1.85. The zero-order chi connectivity index (χ0) is 21.4. The molecule has 1 heterocycles. The number of benzene rings is 1. The first kappa shape index (κ1) is 21.3. The Hall–Kier alpha value is -1.96. The van der Waals surface area contributed by atoms with Crippen molar-refractivity contribution in [1.29, 1.82) is 0 Å². The predicted octanol–water partition coefficient (Wildman–Crippen LogP) is 5.76. The highest BCUT2D eigenvalue weighted by molar-refractivity contribution is 5.72. The smallest absolute Gasteiger partial charge is 0.477 e. The number of rotatable bonds is 4. The molecular weight excluding hydrogens is 401 g/mol. The van der Waals surface area contributed by atoms with E-state index in [9.17, 15) is 23.1 Å². The van der Waals surface area contributed by atoms with Gasteiger partial charge in [0.15, 0.2) is 0 Å². The lowest BCUT2D eigenvalue weighted by Gasteiger charge is -2.52. The van der Waals surface area contributed by atoms with Crippen LogP contribution in [0.2, 0.25) is 0 Å². The van der Waals surface area contributed by atoms with Gasteiger partial charge in [-0.25, -0.2) is 4.79 Å². The fraction of sp³-hybridized carbons (Fsp3) is 0.682. The molecule has 1 N–H and O–H groups in total. The molecule has 5 nitrogen and oxygen atoms in total. The molecule has 1 aliphatic heterocycles. The van der Waals surface area contributed by atoms with Crippen molar-refractivity contribution in [2.45, 2.75) is 82.5 Å². The van der Waals surface area contributed by atoms with E-state index in [2.05, 4.69) is 4.74 Å². The monoisotopic (exact) mass is 428 g/mol. The standard InChI is InChI=1S/C22H27F3O5/c23-22(24,25)29-16-11-12-18-17(13-16)21(14-7-3-1-4-8-14,15-9-5-2-6-10-15)30-20(28-18)19(26)27/h11-15,20H,1-10H2,(H,26,27). The molecule has 166 valence electrons. The molecule has 2 saturated carbocycles. The van der Waals surface area contributed by atoms with Gasteiger partial charge >= 0.3 is 12.3 Å². The summed E-state index contributed by atoms with van der Waals surface area (Å²) in [5, 5.41) is 9.68. The second-order valence-corrected chi connectivity index (χ2v) is 8.57. The highest BCUT2D eigenvalue weighted by atomic mass is 19.4. The highest BCUT2D eigenvalue weighted by Gasteiger charge is 2.55. The summed E-state index contributed by atoms with van der Waals surface area (Å²) in [4.78, 5) is 11.8. The Morgan fingerprint density at radius 2 is 1.57 bits per heavy atom. The fourth-order valence-corrected chi connectivity index (χ4v) is 5.62. The maximum Gasteiger partial charge on any atom is 0.573 e. The van der Waals surface area contributed by atoms with Crippen molar-refractivity contribution in [2.24, 2.45) is 11.8 Å². The van der Waals surface area contributed by atoms with Gasteiger partial charge in [0, 0.05) is 5.56 Å². The molecule has 4 rings (SSSR count). The lowest BCUT2D eigenvalue weighted by Crippen LogP contribution is -2.54. The van der Waals surface area contributed by atoms with E-state index in [0.717, 1.165) is 64.2 Å². The predicted molar refractivity (Wildman–Crippen MR) is 101 cm³/mol. The van der Waals surface area contributed by atoms with Crippen LogP contribution in [0.4, 0.5) is 13.2 Å². The number of ether oxygens (including phenoxy) is 3. The van der Waals surface area contributed by atoms with Gasteiger partial charge in [-0.1, -0.05) is 38.5 Å². The van der Waals surface area contributed by atoms with Gasteiger partial charge in [-0.2, -0.15) is 0 Å². The second-order valence-electron chi connectivity index (χ2n) is 8.57. The van der Waals surface area contributed by atoms with Crippen LogP contribution in [0.5, 0.6) is 11.5 Å². The van der Waals surface area contributed by atoms with Crippen LogP contribution >= 0.6 is 0 Å². The molecule has 30 heavy (non-hydrogen) atoms. The van der Waals surface area contributed by atoms with Crippen molar-refractivity contribution in [1.82, 2.24) is 0 Å². The van der Waals surface area contributed by atoms with Gasteiger partial charge < -0.3 is 19.3 Å². The second kappa shape index (κ2) is 8.29. The fourth-order valence-electron chi connectivity index (χ4n) is 5.62. The summed E-state index contributed by atoms with van der Waals surface area (Å²) < 4.78 is 54.6. The van der Waals surface area contributed by atoms with Crippen LogP contribution in [0.15, 0.2) is 18.2 Å². The molecule has 3 aliphatic rings. The number of hydrogen-bond acceptors (Lipinski definition) is 4. The average Bonchev–Trinajstić information content (AvgIpc) is 2.73. The lowest BCUT2D eigenvalue weighted by molar-refractivity contribution is -0.275. The zero-order valence-electron chi connectivity index (χ0n) is 16.7. The molecule has 8 heteroatoms. The van der Waals surface area contributed by atoms with Crippen molar-refractivity contribution < 1.29 is 37.3 Å². The molecule has 1 unspecified atom stereocenters. The summed E-state index contributed by atoms with van der Waals surface area (Å²) >= 11 is 0. The SMILES string of the molecule is O=C(O)C1Oc2ccc(OC(F)(F)F)cc2C(C2CCCCC2)(C2CCCCC2)O1. The first-order valence-electron chi connectivity index (χ1n) is 10.8. The van der Waals surface area contributed by atoms with E-state index < -0.39 is 24.2 Å². The topological polar surface area (TPSA) is 65.0 Å². The minimum absolute atomic E-state index is 0.0278. The van der Waals surface area contributed by atoms with Crippen LogP contribution in [-0.4, -0.2) is 23.7 Å². The average molecular weight is 428 g/mol. The van der Waals surface area contributed by atoms with E-state index >= 15 is 0 Å². The number of carboxylic acid groups (broad SMARTS) is 1. The van der Waals surface area contributed by atoms with E-state index in [1.54, 1.807) is 0 Å². The normalized spacial score (nSPS) is 25.2. The van der Waals surface area contributed by atoms with E-state index in [1.807, 2.05) is 0 Å². The minimum atomic E-state index is -4.81. The molecule has 1 atom stereocenters. The molecule has 0 spiro atoms. The maximum atomic E-state index is 12.9. The number of carboxylic acids is 1. The van der Waals surface area contributed by atoms with Gasteiger partial charge in [-0.3, -0.25) is 0 Å². The number of hydrogen-bond donors (Lipinski definition) is 1. The molecule has 1 aromatic rings. The van der Waals surface area contributed by atoms with Crippen LogP contribution in [0.1, 0.15) is 69.8 Å². The third kappa shape index (κ3) is 4.11. The van der Waals surface area contributed by atoms with Gasteiger partial charge in [0.2, 0.25) is 0 Å². The van der Waals surface area contributed by atoms with Gasteiger partial charge in [0.1, 0.15) is 17.1 Å². The molecular formula is C22H27F3O5. The Kier molecular flexibility index (Phi) is 5.88. The minimum Gasteiger partial charge on any atom is -0.477 e. The van der Waals surface area contributed by atoms with Crippen molar-refractivity contribution in [3.05, 3.63) is 23.8 Å². The lowest BCUT2D eigenvalue weighted by atomic mass is 9.63. The van der Waals surface area contributed by atoms with E-state index in [0.29, 0.717) is 5.56 Å². The summed E-state index contributed by atoms with van der Waals surface area (Å²) in [7, 11) is 0. The molecule has 1 aromatic carbocycles. The Morgan fingerprint density at radius 3 is 2.07 bits per heavy atom. The van der Waals surface area contributed by atoms with E-state index in [1.165, 1.54) is 18.2 Å². The summed E-state index contributed by atoms with van der Waals surface area (Å²) in [5.41, 5.74) is -0.483. The molecule has 0 radical (unpaired) electrons. The van der Waals surface area contributed by atoms with Crippen molar-refractivity contribution >= 4 is 5.97 Å². The molecule has 0 saturated heterocycles. The van der Waals surface area contributed by atoms with Crippen molar-refractivity contribution in [3.8, 4) is 11.5 Å². The van der Waals surface area contributed by atoms with Crippen LogP contribution in [0.25, 0.3) is 0 Å². The quantitative estimate of drug-likeness (QED) is 0.660. The first-order valence-corrected chi connectivity index (χ1v) is 10.8.